The number of nitrogens with zero attached hydrogens (tertiary/aromatic N) is 3. The van der Waals surface area contributed by atoms with E-state index < -0.39 is 0 Å². The summed E-state index contributed by atoms with van der Waals surface area (Å²) in [7, 11) is 0. The number of benzene rings is 2. The van der Waals surface area contributed by atoms with Crippen LogP contribution in [-0.2, 0) is 6.54 Å². The Morgan fingerprint density at radius 3 is 2.73 bits per heavy atom. The van der Waals surface area contributed by atoms with Crippen molar-refractivity contribution in [3.63, 3.8) is 0 Å². The minimum atomic E-state index is -0.0518. The van der Waals surface area contributed by atoms with E-state index in [4.69, 9.17) is 9.47 Å². The van der Waals surface area contributed by atoms with Gasteiger partial charge in [-0.3, -0.25) is 14.8 Å². The van der Waals surface area contributed by atoms with Gasteiger partial charge in [-0.15, -0.1) is 0 Å². The van der Waals surface area contributed by atoms with Crippen LogP contribution in [0.4, 0.5) is 0 Å². The molecule has 2 heterocycles. The van der Waals surface area contributed by atoms with Gasteiger partial charge in [0.15, 0.2) is 11.5 Å². The number of para-hydroxylation sites is 1. The van der Waals surface area contributed by atoms with Crippen LogP contribution in [0.5, 0.6) is 11.5 Å². The topological polar surface area (TPSA) is 64.6 Å². The first-order valence-electron chi connectivity index (χ1n) is 8.53. The molecule has 2 aromatic carbocycles. The van der Waals surface area contributed by atoms with Crippen molar-refractivity contribution in [1.29, 1.82) is 0 Å². The van der Waals surface area contributed by atoms with Gasteiger partial charge in [0.2, 0.25) is 6.79 Å². The number of ether oxygens (including phenoxy) is 2. The maximum absolute atomic E-state index is 13.1. The third-order valence-electron chi connectivity index (χ3n) is 4.42. The first-order valence-corrected chi connectivity index (χ1v) is 8.53. The lowest BCUT2D eigenvalue weighted by Crippen LogP contribution is -2.36. The number of amides is 1. The molecule has 1 aliphatic rings. The molecule has 132 valence electrons. The molecule has 0 saturated heterocycles. The second-order valence-electron chi connectivity index (χ2n) is 6.44. The molecule has 6 nitrogen and oxygen atoms in total. The van der Waals surface area contributed by atoms with Crippen molar-refractivity contribution in [2.75, 3.05) is 6.79 Å². The fourth-order valence-electron chi connectivity index (χ4n) is 3.05. The van der Waals surface area contributed by atoms with Gasteiger partial charge in [0.05, 0.1) is 17.6 Å². The molecule has 0 N–H and O–H groups in total. The van der Waals surface area contributed by atoms with E-state index in [9.17, 15) is 4.79 Å². The van der Waals surface area contributed by atoms with Crippen LogP contribution in [-0.4, -0.2) is 33.6 Å². The van der Waals surface area contributed by atoms with Crippen molar-refractivity contribution < 1.29 is 14.3 Å². The van der Waals surface area contributed by atoms with Gasteiger partial charge in [0, 0.05) is 29.6 Å². The monoisotopic (exact) mass is 349 g/mol. The van der Waals surface area contributed by atoms with Crippen molar-refractivity contribution in [2.45, 2.75) is 26.4 Å². The highest BCUT2D eigenvalue weighted by atomic mass is 16.7. The van der Waals surface area contributed by atoms with E-state index in [0.717, 1.165) is 22.6 Å². The normalized spacial score (nSPS) is 12.6. The standard InChI is InChI=1S/C20H19N3O3/c1-13(2)23(11-15-4-3-5-18-19(15)26-12-25-18)20(24)14-6-7-16-17(10-14)22-9-8-21-16/h3-10,13H,11-12H2,1-2H3. The van der Waals surface area contributed by atoms with Gasteiger partial charge >= 0.3 is 0 Å². The average Bonchev–Trinajstić information content (AvgIpc) is 3.14. The minimum Gasteiger partial charge on any atom is -0.454 e. The largest absolute Gasteiger partial charge is 0.454 e. The van der Waals surface area contributed by atoms with E-state index in [-0.39, 0.29) is 18.7 Å². The number of hydrogen-bond acceptors (Lipinski definition) is 5. The zero-order valence-electron chi connectivity index (χ0n) is 14.7. The van der Waals surface area contributed by atoms with Crippen molar-refractivity contribution in [3.8, 4) is 11.5 Å². The number of rotatable bonds is 4. The van der Waals surface area contributed by atoms with Crippen LogP contribution >= 0.6 is 0 Å². The molecule has 0 aliphatic carbocycles. The lowest BCUT2D eigenvalue weighted by Gasteiger charge is -2.27. The summed E-state index contributed by atoms with van der Waals surface area (Å²) in [6, 6.07) is 11.2. The summed E-state index contributed by atoms with van der Waals surface area (Å²) in [6.45, 7) is 4.66. The van der Waals surface area contributed by atoms with E-state index in [1.165, 1.54) is 0 Å². The fraction of sp³-hybridized carbons (Fsp3) is 0.250. The van der Waals surface area contributed by atoms with Gasteiger partial charge in [-0.2, -0.15) is 0 Å². The molecule has 0 radical (unpaired) electrons. The SMILES string of the molecule is CC(C)N(Cc1cccc2c1OCO2)C(=O)c1ccc2nccnc2c1. The molecule has 4 rings (SSSR count). The summed E-state index contributed by atoms with van der Waals surface area (Å²) in [5.41, 5.74) is 3.00. The molecule has 0 saturated carbocycles. The highest BCUT2D eigenvalue weighted by Crippen LogP contribution is 2.36. The molecular formula is C20H19N3O3. The van der Waals surface area contributed by atoms with Crippen molar-refractivity contribution >= 4 is 16.9 Å². The van der Waals surface area contributed by atoms with Crippen molar-refractivity contribution in [3.05, 3.63) is 59.9 Å². The third-order valence-corrected chi connectivity index (χ3v) is 4.42. The predicted octanol–water partition coefficient (Wildman–Crippen LogP) is 3.41. The van der Waals surface area contributed by atoms with E-state index in [1.54, 1.807) is 24.5 Å². The summed E-state index contributed by atoms with van der Waals surface area (Å²) >= 11 is 0. The molecule has 6 heteroatoms. The molecule has 1 aromatic heterocycles. The Bertz CT molecular complexity index is 971. The predicted molar refractivity (Wildman–Crippen MR) is 97.1 cm³/mol. The van der Waals surface area contributed by atoms with Gasteiger partial charge in [-0.1, -0.05) is 12.1 Å². The lowest BCUT2D eigenvalue weighted by molar-refractivity contribution is 0.0688. The molecule has 0 fully saturated rings. The highest BCUT2D eigenvalue weighted by Gasteiger charge is 2.24. The maximum Gasteiger partial charge on any atom is 0.254 e. The zero-order chi connectivity index (χ0) is 18.1. The summed E-state index contributed by atoms with van der Waals surface area (Å²) in [5.74, 6) is 1.39. The molecule has 26 heavy (non-hydrogen) atoms. The second-order valence-corrected chi connectivity index (χ2v) is 6.44. The molecule has 0 atom stereocenters. The Morgan fingerprint density at radius 1 is 1.12 bits per heavy atom. The first kappa shape index (κ1) is 16.3. The van der Waals surface area contributed by atoms with Crippen LogP contribution in [0.25, 0.3) is 11.0 Å². The summed E-state index contributed by atoms with van der Waals surface area (Å²) in [4.78, 5) is 23.5. The van der Waals surface area contributed by atoms with Crippen molar-refractivity contribution in [1.82, 2.24) is 14.9 Å². The Morgan fingerprint density at radius 2 is 1.92 bits per heavy atom. The number of aromatic nitrogens is 2. The van der Waals surface area contributed by atoms with Gasteiger partial charge < -0.3 is 14.4 Å². The Balaban J connectivity index is 1.65. The molecule has 0 spiro atoms. The number of carbonyl (C=O) groups is 1. The highest BCUT2D eigenvalue weighted by molar-refractivity contribution is 5.97. The molecule has 0 bridgehead atoms. The van der Waals surface area contributed by atoms with Gasteiger partial charge in [0.25, 0.3) is 5.91 Å². The number of hydrogen-bond donors (Lipinski definition) is 0. The quantitative estimate of drug-likeness (QED) is 0.722. The average molecular weight is 349 g/mol. The maximum atomic E-state index is 13.1. The van der Waals surface area contributed by atoms with Crippen LogP contribution in [0.2, 0.25) is 0 Å². The van der Waals surface area contributed by atoms with E-state index in [1.807, 2.05) is 43.0 Å². The molecular weight excluding hydrogens is 330 g/mol. The van der Waals surface area contributed by atoms with Gasteiger partial charge in [-0.05, 0) is 38.1 Å². The molecule has 0 unspecified atom stereocenters. The summed E-state index contributed by atoms with van der Waals surface area (Å²) in [6.07, 6.45) is 3.27. The number of fused-ring (bicyclic) bond motifs is 2. The van der Waals surface area contributed by atoms with Crippen LogP contribution in [0.15, 0.2) is 48.8 Å². The van der Waals surface area contributed by atoms with Crippen LogP contribution < -0.4 is 9.47 Å². The number of carbonyl (C=O) groups excluding carboxylic acids is 1. The van der Waals surface area contributed by atoms with E-state index in [2.05, 4.69) is 9.97 Å². The van der Waals surface area contributed by atoms with Gasteiger partial charge in [-0.25, -0.2) is 0 Å². The Hall–Kier alpha value is -3.15. The first-order chi connectivity index (χ1) is 12.6. The molecule has 1 amide bonds. The molecule has 3 aromatic rings. The van der Waals surface area contributed by atoms with Crippen LogP contribution in [0, 0.1) is 0 Å². The van der Waals surface area contributed by atoms with Gasteiger partial charge in [0.1, 0.15) is 0 Å². The second kappa shape index (κ2) is 6.63. The van der Waals surface area contributed by atoms with E-state index >= 15 is 0 Å². The lowest BCUT2D eigenvalue weighted by atomic mass is 10.1. The Kier molecular flexibility index (Phi) is 4.16. The fourth-order valence-corrected chi connectivity index (χ4v) is 3.05. The summed E-state index contributed by atoms with van der Waals surface area (Å²) < 4.78 is 11.0. The minimum absolute atomic E-state index is 0.0261. The van der Waals surface area contributed by atoms with E-state index in [0.29, 0.717) is 17.6 Å². The zero-order valence-corrected chi connectivity index (χ0v) is 14.7. The smallest absolute Gasteiger partial charge is 0.254 e. The third kappa shape index (κ3) is 2.94. The molecule has 1 aliphatic heterocycles. The van der Waals surface area contributed by atoms with Crippen LogP contribution in [0.1, 0.15) is 29.8 Å². The Labute approximate surface area is 151 Å². The van der Waals surface area contributed by atoms with Crippen LogP contribution in [0.3, 0.4) is 0 Å². The van der Waals surface area contributed by atoms with Crippen molar-refractivity contribution in [2.24, 2.45) is 0 Å². The summed E-state index contributed by atoms with van der Waals surface area (Å²) in [5, 5.41) is 0.